The van der Waals surface area contributed by atoms with Crippen LogP contribution in [0, 0.1) is 0 Å². The number of ether oxygens (including phenoxy) is 1. The van der Waals surface area contributed by atoms with Crippen LogP contribution in [-0.4, -0.2) is 30.6 Å². The SMILES string of the molecule is CCOC(=O)N=CCO. The van der Waals surface area contributed by atoms with E-state index in [0.29, 0.717) is 6.61 Å². The molecule has 0 unspecified atom stereocenters. The van der Waals surface area contributed by atoms with Crippen molar-refractivity contribution in [3.05, 3.63) is 0 Å². The summed E-state index contributed by atoms with van der Waals surface area (Å²) in [5, 5.41) is 8.13. The van der Waals surface area contributed by atoms with Crippen molar-refractivity contribution in [1.82, 2.24) is 0 Å². The molecule has 0 aromatic carbocycles. The van der Waals surface area contributed by atoms with Crippen LogP contribution in [0.3, 0.4) is 0 Å². The first-order chi connectivity index (χ1) is 4.31. The van der Waals surface area contributed by atoms with Gasteiger partial charge in [0.05, 0.1) is 13.2 Å². The third-order valence-electron chi connectivity index (χ3n) is 0.546. The van der Waals surface area contributed by atoms with E-state index in [4.69, 9.17) is 5.11 Å². The van der Waals surface area contributed by atoms with Gasteiger partial charge >= 0.3 is 6.09 Å². The molecular formula is C5H9NO3. The summed E-state index contributed by atoms with van der Waals surface area (Å²) >= 11 is 0. The van der Waals surface area contributed by atoms with Gasteiger partial charge in [-0.1, -0.05) is 0 Å². The minimum Gasteiger partial charge on any atom is -0.448 e. The van der Waals surface area contributed by atoms with Crippen LogP contribution in [0.15, 0.2) is 4.99 Å². The summed E-state index contributed by atoms with van der Waals surface area (Å²) in [6.45, 7) is 1.76. The molecule has 0 aliphatic carbocycles. The highest BCUT2D eigenvalue weighted by molar-refractivity contribution is 5.79. The Bertz CT molecular complexity index is 111. The fourth-order valence-corrected chi connectivity index (χ4v) is 0.276. The maximum atomic E-state index is 10.3. The second-order valence-electron chi connectivity index (χ2n) is 1.19. The monoisotopic (exact) mass is 131 g/mol. The Kier molecular flexibility index (Phi) is 4.72. The van der Waals surface area contributed by atoms with Gasteiger partial charge in [0, 0.05) is 6.21 Å². The first-order valence-corrected chi connectivity index (χ1v) is 2.61. The molecule has 1 N–H and O–H groups in total. The van der Waals surface area contributed by atoms with E-state index in [2.05, 4.69) is 9.73 Å². The maximum absolute atomic E-state index is 10.3. The van der Waals surface area contributed by atoms with Crippen LogP contribution in [0.2, 0.25) is 0 Å². The number of amides is 1. The number of hydrogen-bond donors (Lipinski definition) is 1. The molecule has 0 aromatic heterocycles. The van der Waals surface area contributed by atoms with Crippen LogP contribution < -0.4 is 0 Å². The van der Waals surface area contributed by atoms with Gasteiger partial charge in [-0.15, -0.1) is 0 Å². The summed E-state index contributed by atoms with van der Waals surface area (Å²) in [5.41, 5.74) is 0. The van der Waals surface area contributed by atoms with E-state index in [-0.39, 0.29) is 6.61 Å². The molecule has 4 heteroatoms. The summed E-state index contributed by atoms with van der Waals surface area (Å²) in [5.74, 6) is 0. The van der Waals surface area contributed by atoms with Gasteiger partial charge in [0.15, 0.2) is 0 Å². The molecule has 0 radical (unpaired) electrons. The molecule has 0 fully saturated rings. The molecule has 9 heavy (non-hydrogen) atoms. The van der Waals surface area contributed by atoms with E-state index >= 15 is 0 Å². The molecule has 0 atom stereocenters. The van der Waals surface area contributed by atoms with E-state index in [9.17, 15) is 4.79 Å². The minimum atomic E-state index is -0.661. The van der Waals surface area contributed by atoms with Crippen LogP contribution in [-0.2, 0) is 4.74 Å². The molecule has 0 saturated carbocycles. The highest BCUT2D eigenvalue weighted by Gasteiger charge is 1.91. The number of nitrogens with zero attached hydrogens (tertiary/aromatic N) is 1. The van der Waals surface area contributed by atoms with Gasteiger partial charge < -0.3 is 9.84 Å². The number of rotatable bonds is 2. The van der Waals surface area contributed by atoms with Crippen molar-refractivity contribution in [2.24, 2.45) is 4.99 Å². The van der Waals surface area contributed by atoms with Crippen molar-refractivity contribution >= 4 is 12.3 Å². The second-order valence-corrected chi connectivity index (χ2v) is 1.19. The van der Waals surface area contributed by atoms with E-state index in [1.54, 1.807) is 6.92 Å². The van der Waals surface area contributed by atoms with E-state index in [0.717, 1.165) is 6.21 Å². The van der Waals surface area contributed by atoms with Crippen molar-refractivity contribution in [3.63, 3.8) is 0 Å². The molecule has 0 heterocycles. The molecule has 0 aromatic rings. The average molecular weight is 131 g/mol. The van der Waals surface area contributed by atoms with Crippen LogP contribution in [0.25, 0.3) is 0 Å². The Labute approximate surface area is 53.2 Å². The number of carbonyl (C=O) groups excluding carboxylic acids is 1. The van der Waals surface area contributed by atoms with Crippen molar-refractivity contribution in [1.29, 1.82) is 0 Å². The number of aliphatic hydroxyl groups excluding tert-OH is 1. The van der Waals surface area contributed by atoms with E-state index in [1.165, 1.54) is 0 Å². The Morgan fingerprint density at radius 1 is 1.89 bits per heavy atom. The van der Waals surface area contributed by atoms with Crippen LogP contribution in [0.4, 0.5) is 4.79 Å². The lowest BCUT2D eigenvalue weighted by Gasteiger charge is -1.91. The van der Waals surface area contributed by atoms with E-state index in [1.807, 2.05) is 0 Å². The largest absolute Gasteiger partial charge is 0.448 e. The molecule has 4 nitrogen and oxygen atoms in total. The second kappa shape index (κ2) is 5.24. The topological polar surface area (TPSA) is 58.9 Å². The Morgan fingerprint density at radius 2 is 2.56 bits per heavy atom. The lowest BCUT2D eigenvalue weighted by Crippen LogP contribution is -1.98. The number of aliphatic hydroxyl groups is 1. The van der Waals surface area contributed by atoms with Gasteiger partial charge in [-0.3, -0.25) is 0 Å². The molecule has 0 bridgehead atoms. The molecule has 52 valence electrons. The first kappa shape index (κ1) is 8.10. The fourth-order valence-electron chi connectivity index (χ4n) is 0.276. The van der Waals surface area contributed by atoms with Crippen LogP contribution in [0.1, 0.15) is 6.92 Å². The summed E-state index contributed by atoms with van der Waals surface area (Å²) in [6.07, 6.45) is 0.421. The van der Waals surface area contributed by atoms with Crippen molar-refractivity contribution in [2.75, 3.05) is 13.2 Å². The molecular weight excluding hydrogens is 122 g/mol. The first-order valence-electron chi connectivity index (χ1n) is 2.61. The number of aliphatic imine (C=N–C) groups is 1. The van der Waals surface area contributed by atoms with E-state index < -0.39 is 6.09 Å². The number of hydrogen-bond acceptors (Lipinski definition) is 3. The molecule has 1 amide bonds. The summed E-state index contributed by atoms with van der Waals surface area (Å²) in [6, 6.07) is 0. The normalized spacial score (nSPS) is 10.0. The Hall–Kier alpha value is -0.900. The van der Waals surface area contributed by atoms with Crippen LogP contribution >= 0.6 is 0 Å². The Morgan fingerprint density at radius 3 is 3.00 bits per heavy atom. The summed E-state index contributed by atoms with van der Waals surface area (Å²) in [4.78, 5) is 13.5. The number of carbonyl (C=O) groups is 1. The maximum Gasteiger partial charge on any atom is 0.433 e. The zero-order valence-corrected chi connectivity index (χ0v) is 5.20. The van der Waals surface area contributed by atoms with Crippen molar-refractivity contribution in [3.8, 4) is 0 Å². The Balaban J connectivity index is 3.37. The standard InChI is InChI=1S/C5H9NO3/c1-2-9-5(8)6-3-4-7/h3,7H,2,4H2,1H3. The van der Waals surface area contributed by atoms with Gasteiger partial charge in [-0.2, -0.15) is 4.99 Å². The highest BCUT2D eigenvalue weighted by atomic mass is 16.5. The van der Waals surface area contributed by atoms with Crippen molar-refractivity contribution in [2.45, 2.75) is 6.92 Å². The molecule has 0 rings (SSSR count). The van der Waals surface area contributed by atoms with Gasteiger partial charge in [0.1, 0.15) is 0 Å². The smallest absolute Gasteiger partial charge is 0.433 e. The predicted octanol–water partition coefficient (Wildman–Crippen LogP) is 0.206. The third-order valence-corrected chi connectivity index (χ3v) is 0.546. The van der Waals surface area contributed by atoms with Gasteiger partial charge in [0.2, 0.25) is 0 Å². The zero-order chi connectivity index (χ0) is 7.11. The molecule has 0 aliphatic heterocycles. The molecule has 0 spiro atoms. The predicted molar refractivity (Wildman–Crippen MR) is 32.6 cm³/mol. The highest BCUT2D eigenvalue weighted by Crippen LogP contribution is 1.79. The molecule has 0 aliphatic rings. The lowest BCUT2D eigenvalue weighted by molar-refractivity contribution is 0.163. The lowest BCUT2D eigenvalue weighted by atomic mass is 10.8. The van der Waals surface area contributed by atoms with Gasteiger partial charge in [0.25, 0.3) is 0 Å². The summed E-state index contributed by atoms with van der Waals surface area (Å²) in [7, 11) is 0. The fraction of sp³-hybridized carbons (Fsp3) is 0.600. The minimum absolute atomic E-state index is 0.237. The van der Waals surface area contributed by atoms with Gasteiger partial charge in [-0.05, 0) is 6.92 Å². The quantitative estimate of drug-likeness (QED) is 0.545. The van der Waals surface area contributed by atoms with Crippen molar-refractivity contribution < 1.29 is 14.6 Å². The summed E-state index contributed by atoms with van der Waals surface area (Å²) < 4.78 is 4.40. The van der Waals surface area contributed by atoms with Crippen LogP contribution in [0.5, 0.6) is 0 Å². The van der Waals surface area contributed by atoms with Gasteiger partial charge in [-0.25, -0.2) is 4.79 Å². The molecule has 0 saturated heterocycles. The third kappa shape index (κ3) is 4.96. The average Bonchev–Trinajstić information content (AvgIpc) is 1.85. The zero-order valence-electron chi connectivity index (χ0n) is 5.20.